The van der Waals surface area contributed by atoms with Gasteiger partial charge >= 0.3 is 0 Å². The SMILES string of the molecule is Cc1cc(NC(=S)NC(=O)COc2ccc(C(C)C)cc2)cc(Br)c1O. The second-order valence-corrected chi connectivity index (χ2v) is 7.40. The Morgan fingerprint density at radius 2 is 1.92 bits per heavy atom. The summed E-state index contributed by atoms with van der Waals surface area (Å²) < 4.78 is 6.01. The van der Waals surface area contributed by atoms with Crippen molar-refractivity contribution >= 4 is 44.9 Å². The number of aromatic hydroxyl groups is 1. The van der Waals surface area contributed by atoms with Crippen molar-refractivity contribution in [2.45, 2.75) is 26.7 Å². The Labute approximate surface area is 166 Å². The molecule has 5 nitrogen and oxygen atoms in total. The van der Waals surface area contributed by atoms with Gasteiger partial charge in [0.25, 0.3) is 5.91 Å². The topological polar surface area (TPSA) is 70.6 Å². The van der Waals surface area contributed by atoms with E-state index in [0.717, 1.165) is 0 Å². The number of carbonyl (C=O) groups is 1. The van der Waals surface area contributed by atoms with E-state index in [1.54, 1.807) is 19.1 Å². The van der Waals surface area contributed by atoms with E-state index in [-0.39, 0.29) is 23.4 Å². The standard InChI is InChI=1S/C19H21BrN2O3S/c1-11(2)13-4-6-15(7-5-13)25-10-17(23)22-19(26)21-14-8-12(3)18(24)16(20)9-14/h4-9,11,24H,10H2,1-3H3,(H2,21,22,23,26). The summed E-state index contributed by atoms with van der Waals surface area (Å²) in [5, 5.41) is 15.4. The van der Waals surface area contributed by atoms with Crippen molar-refractivity contribution in [2.75, 3.05) is 11.9 Å². The first-order chi connectivity index (χ1) is 12.3. The van der Waals surface area contributed by atoms with Crippen LogP contribution >= 0.6 is 28.1 Å². The lowest BCUT2D eigenvalue weighted by atomic mass is 10.0. The number of ether oxygens (including phenoxy) is 1. The molecule has 26 heavy (non-hydrogen) atoms. The molecule has 0 fully saturated rings. The number of aryl methyl sites for hydroxylation is 1. The van der Waals surface area contributed by atoms with Crippen LogP contribution in [0.4, 0.5) is 5.69 Å². The molecule has 0 saturated carbocycles. The monoisotopic (exact) mass is 436 g/mol. The second-order valence-electron chi connectivity index (χ2n) is 6.14. The van der Waals surface area contributed by atoms with Crippen molar-refractivity contribution in [3.63, 3.8) is 0 Å². The Balaban J connectivity index is 1.84. The summed E-state index contributed by atoms with van der Waals surface area (Å²) in [4.78, 5) is 12.0. The molecule has 0 aliphatic carbocycles. The van der Waals surface area contributed by atoms with Gasteiger partial charge in [0.1, 0.15) is 11.5 Å². The van der Waals surface area contributed by atoms with Crippen molar-refractivity contribution in [3.05, 3.63) is 52.0 Å². The molecular formula is C19H21BrN2O3S. The van der Waals surface area contributed by atoms with Crippen LogP contribution < -0.4 is 15.4 Å². The maximum atomic E-state index is 12.0. The summed E-state index contributed by atoms with van der Waals surface area (Å²) in [7, 11) is 0. The van der Waals surface area contributed by atoms with Crippen LogP contribution in [0, 0.1) is 6.92 Å². The largest absolute Gasteiger partial charge is 0.506 e. The number of carbonyl (C=O) groups excluding carboxylic acids is 1. The molecule has 2 aromatic rings. The van der Waals surface area contributed by atoms with E-state index in [4.69, 9.17) is 17.0 Å². The van der Waals surface area contributed by atoms with Gasteiger partial charge in [-0.1, -0.05) is 26.0 Å². The van der Waals surface area contributed by atoms with Crippen LogP contribution in [0.1, 0.15) is 30.9 Å². The van der Waals surface area contributed by atoms with Crippen molar-refractivity contribution in [2.24, 2.45) is 0 Å². The molecule has 1 amide bonds. The fraction of sp³-hybridized carbons (Fsp3) is 0.263. The molecule has 0 heterocycles. The van der Waals surface area contributed by atoms with E-state index in [1.165, 1.54) is 5.56 Å². The molecule has 0 aliphatic rings. The number of nitrogens with one attached hydrogen (secondary N) is 2. The highest BCUT2D eigenvalue weighted by atomic mass is 79.9. The highest BCUT2D eigenvalue weighted by Crippen LogP contribution is 2.30. The molecule has 2 aromatic carbocycles. The second kappa shape index (κ2) is 9.00. The van der Waals surface area contributed by atoms with Gasteiger partial charge in [-0.3, -0.25) is 10.1 Å². The highest BCUT2D eigenvalue weighted by molar-refractivity contribution is 9.10. The summed E-state index contributed by atoms with van der Waals surface area (Å²) in [5.41, 5.74) is 2.55. The minimum Gasteiger partial charge on any atom is -0.506 e. The Morgan fingerprint density at radius 1 is 1.27 bits per heavy atom. The lowest BCUT2D eigenvalue weighted by Crippen LogP contribution is -2.37. The van der Waals surface area contributed by atoms with Crippen LogP contribution in [0.25, 0.3) is 0 Å². The molecule has 0 aromatic heterocycles. The number of hydrogen-bond acceptors (Lipinski definition) is 4. The molecule has 0 saturated heterocycles. The number of halogens is 1. The number of phenolic OH excluding ortho intramolecular Hbond substituents is 1. The van der Waals surface area contributed by atoms with Gasteiger partial charge in [-0.2, -0.15) is 0 Å². The van der Waals surface area contributed by atoms with Crippen molar-refractivity contribution in [1.82, 2.24) is 5.32 Å². The van der Waals surface area contributed by atoms with E-state index in [9.17, 15) is 9.90 Å². The maximum Gasteiger partial charge on any atom is 0.264 e. The van der Waals surface area contributed by atoms with Crippen LogP contribution in [0.3, 0.4) is 0 Å². The van der Waals surface area contributed by atoms with E-state index >= 15 is 0 Å². The van der Waals surface area contributed by atoms with Gasteiger partial charge in [-0.25, -0.2) is 0 Å². The Hall–Kier alpha value is -2.12. The number of benzene rings is 2. The molecule has 0 aliphatic heterocycles. The van der Waals surface area contributed by atoms with Gasteiger partial charge in [0.05, 0.1) is 4.47 Å². The molecule has 3 N–H and O–H groups in total. The third-order valence-electron chi connectivity index (χ3n) is 3.68. The Bertz CT molecular complexity index is 784. The van der Waals surface area contributed by atoms with Crippen LogP contribution in [-0.2, 0) is 4.79 Å². The summed E-state index contributed by atoms with van der Waals surface area (Å²) in [6.07, 6.45) is 0. The zero-order valence-electron chi connectivity index (χ0n) is 14.8. The van der Waals surface area contributed by atoms with Crippen LogP contribution in [0.15, 0.2) is 40.9 Å². The minimum atomic E-state index is -0.356. The number of amides is 1. The van der Waals surface area contributed by atoms with Gasteiger partial charge in [0, 0.05) is 5.69 Å². The summed E-state index contributed by atoms with van der Waals surface area (Å²) in [5.74, 6) is 0.883. The van der Waals surface area contributed by atoms with Crippen LogP contribution in [-0.4, -0.2) is 22.7 Å². The average Bonchev–Trinajstić information content (AvgIpc) is 2.58. The summed E-state index contributed by atoms with van der Waals surface area (Å²) in [6.45, 7) is 5.86. The molecule has 0 unspecified atom stereocenters. The number of thiocarbonyl (C=S) groups is 1. The normalized spacial score (nSPS) is 10.5. The van der Waals surface area contributed by atoms with Gasteiger partial charge in [-0.15, -0.1) is 0 Å². The quantitative estimate of drug-likeness (QED) is 0.476. The molecule has 2 rings (SSSR count). The fourth-order valence-electron chi connectivity index (χ4n) is 2.23. The van der Waals surface area contributed by atoms with Crippen LogP contribution in [0.5, 0.6) is 11.5 Å². The predicted molar refractivity (Wildman–Crippen MR) is 111 cm³/mol. The third kappa shape index (κ3) is 5.71. The van der Waals surface area contributed by atoms with E-state index in [2.05, 4.69) is 40.4 Å². The molecule has 0 bridgehead atoms. The molecular weight excluding hydrogens is 416 g/mol. The predicted octanol–water partition coefficient (Wildman–Crippen LogP) is 4.48. The molecule has 138 valence electrons. The smallest absolute Gasteiger partial charge is 0.264 e. The Morgan fingerprint density at radius 3 is 2.50 bits per heavy atom. The molecule has 0 spiro atoms. The number of phenols is 1. The zero-order chi connectivity index (χ0) is 19.3. The third-order valence-corrected chi connectivity index (χ3v) is 4.49. The van der Waals surface area contributed by atoms with Gasteiger partial charge in [-0.05, 0) is 76.4 Å². The minimum absolute atomic E-state index is 0.138. The van der Waals surface area contributed by atoms with Crippen molar-refractivity contribution in [1.29, 1.82) is 0 Å². The van der Waals surface area contributed by atoms with Crippen molar-refractivity contribution in [3.8, 4) is 11.5 Å². The van der Waals surface area contributed by atoms with Gasteiger partial charge in [0.15, 0.2) is 11.7 Å². The van der Waals surface area contributed by atoms with Crippen LogP contribution in [0.2, 0.25) is 0 Å². The summed E-state index contributed by atoms with van der Waals surface area (Å²) >= 11 is 8.39. The number of anilines is 1. The Kier molecular flexibility index (Phi) is 6.99. The molecule has 7 heteroatoms. The lowest BCUT2D eigenvalue weighted by Gasteiger charge is -2.12. The lowest BCUT2D eigenvalue weighted by molar-refractivity contribution is -0.121. The number of rotatable bonds is 5. The van der Waals surface area contributed by atoms with E-state index in [1.807, 2.05) is 24.3 Å². The van der Waals surface area contributed by atoms with Gasteiger partial charge < -0.3 is 15.2 Å². The van der Waals surface area contributed by atoms with Gasteiger partial charge in [0.2, 0.25) is 0 Å². The molecule has 0 atom stereocenters. The first-order valence-corrected chi connectivity index (χ1v) is 9.29. The molecule has 0 radical (unpaired) electrons. The highest BCUT2D eigenvalue weighted by Gasteiger charge is 2.09. The van der Waals surface area contributed by atoms with E-state index < -0.39 is 0 Å². The number of hydrogen-bond donors (Lipinski definition) is 3. The fourth-order valence-corrected chi connectivity index (χ4v) is 3.02. The first kappa shape index (κ1) is 20.2. The maximum absolute atomic E-state index is 12.0. The summed E-state index contributed by atoms with van der Waals surface area (Å²) in [6, 6.07) is 11.1. The first-order valence-electron chi connectivity index (χ1n) is 8.09. The average molecular weight is 437 g/mol. The zero-order valence-corrected chi connectivity index (χ0v) is 17.2. The van der Waals surface area contributed by atoms with E-state index in [0.29, 0.717) is 27.4 Å². The van der Waals surface area contributed by atoms with Crippen molar-refractivity contribution < 1.29 is 14.6 Å².